The van der Waals surface area contributed by atoms with E-state index in [0.29, 0.717) is 12.8 Å². The third-order valence-electron chi connectivity index (χ3n) is 5.17. The van der Waals surface area contributed by atoms with Crippen molar-refractivity contribution in [2.45, 2.75) is 40.5 Å². The monoisotopic (exact) mass is 238 g/mol. The molecule has 2 unspecified atom stereocenters. The molecule has 2 atom stereocenters. The summed E-state index contributed by atoms with van der Waals surface area (Å²) in [5, 5.41) is 0. The van der Waals surface area contributed by atoms with Crippen LogP contribution in [0.15, 0.2) is 0 Å². The number of Topliss-reactive ketones (excluding diaryl/α,β-unsaturated/α-hetero) is 2. The Morgan fingerprint density at radius 1 is 1.18 bits per heavy atom. The number of fused-ring (bicyclic) bond motifs is 2. The molecule has 4 heteroatoms. The molecule has 0 spiro atoms. The van der Waals surface area contributed by atoms with Crippen molar-refractivity contribution in [1.29, 1.82) is 0 Å². The van der Waals surface area contributed by atoms with Crippen molar-refractivity contribution in [3.05, 3.63) is 0 Å². The number of esters is 1. The first-order valence-electron chi connectivity index (χ1n) is 6.02. The number of ketones is 2. The van der Waals surface area contributed by atoms with E-state index in [1.165, 1.54) is 0 Å². The average molecular weight is 238 g/mol. The van der Waals surface area contributed by atoms with Gasteiger partial charge in [0, 0.05) is 10.8 Å². The highest BCUT2D eigenvalue weighted by Gasteiger charge is 2.78. The second kappa shape index (κ2) is 3.18. The minimum Gasteiger partial charge on any atom is -0.465 e. The molecule has 94 valence electrons. The molecule has 0 radical (unpaired) electrons. The van der Waals surface area contributed by atoms with E-state index in [0.717, 1.165) is 0 Å². The fraction of sp³-hybridized carbons (Fsp3) is 0.769. The predicted molar refractivity (Wildman–Crippen MR) is 60.2 cm³/mol. The molecule has 4 nitrogen and oxygen atoms in total. The summed E-state index contributed by atoms with van der Waals surface area (Å²) in [7, 11) is 0. The van der Waals surface area contributed by atoms with Crippen LogP contribution < -0.4 is 0 Å². The van der Waals surface area contributed by atoms with Crippen LogP contribution >= 0.6 is 0 Å². The summed E-state index contributed by atoms with van der Waals surface area (Å²) in [6.07, 6.45) is 1.02. The molecule has 2 fully saturated rings. The van der Waals surface area contributed by atoms with Gasteiger partial charge in [0.15, 0.2) is 0 Å². The lowest BCUT2D eigenvalue weighted by molar-refractivity contribution is -0.165. The van der Waals surface area contributed by atoms with Gasteiger partial charge in [-0.1, -0.05) is 20.8 Å². The first-order valence-corrected chi connectivity index (χ1v) is 6.02. The van der Waals surface area contributed by atoms with Crippen LogP contribution in [0.2, 0.25) is 0 Å². The Balaban J connectivity index is 2.58. The summed E-state index contributed by atoms with van der Waals surface area (Å²) in [6, 6.07) is 0. The zero-order valence-electron chi connectivity index (χ0n) is 10.8. The van der Waals surface area contributed by atoms with Crippen molar-refractivity contribution in [3.8, 4) is 0 Å². The van der Waals surface area contributed by atoms with Crippen LogP contribution in [0.3, 0.4) is 0 Å². The molecule has 0 saturated heterocycles. The van der Waals surface area contributed by atoms with Crippen LogP contribution in [0.4, 0.5) is 0 Å². The predicted octanol–water partition coefficient (Wildman–Crippen LogP) is 1.51. The molecule has 0 N–H and O–H groups in total. The molecule has 0 aromatic rings. The smallest absolute Gasteiger partial charge is 0.320 e. The highest BCUT2D eigenvalue weighted by atomic mass is 16.5. The molecule has 0 aromatic carbocycles. The number of ether oxygens (including phenoxy) is 1. The second-order valence-electron chi connectivity index (χ2n) is 5.74. The van der Waals surface area contributed by atoms with E-state index in [1.54, 1.807) is 13.8 Å². The number of hydrogen-bond donors (Lipinski definition) is 0. The van der Waals surface area contributed by atoms with Crippen molar-refractivity contribution < 1.29 is 19.1 Å². The van der Waals surface area contributed by atoms with E-state index in [-0.39, 0.29) is 6.61 Å². The number of rotatable bonds is 2. The maximum Gasteiger partial charge on any atom is 0.320 e. The van der Waals surface area contributed by atoms with Crippen molar-refractivity contribution >= 4 is 17.5 Å². The summed E-state index contributed by atoms with van der Waals surface area (Å²) in [6.45, 7) is 7.40. The topological polar surface area (TPSA) is 60.4 Å². The van der Waals surface area contributed by atoms with Gasteiger partial charge in [-0.05, 0) is 19.8 Å². The standard InChI is InChI=1S/C13H18O4/c1-5-17-10(16)13-7-6-12(4,11(13,2)3)8(14)9(13)15/h5-7H2,1-4H3. The number of carbonyl (C=O) groups excluding carboxylic acids is 3. The molecule has 2 rings (SSSR count). The van der Waals surface area contributed by atoms with Crippen LogP contribution in [0.5, 0.6) is 0 Å². The molecular weight excluding hydrogens is 220 g/mol. The normalized spacial score (nSPS) is 38.6. The molecule has 2 aliphatic rings. The number of carbonyl (C=O) groups is 3. The summed E-state index contributed by atoms with van der Waals surface area (Å²) < 4.78 is 5.03. The van der Waals surface area contributed by atoms with Gasteiger partial charge in [-0.25, -0.2) is 0 Å². The minimum absolute atomic E-state index is 0.231. The van der Waals surface area contributed by atoms with E-state index >= 15 is 0 Å². The first kappa shape index (κ1) is 12.3. The molecule has 0 heterocycles. The molecule has 2 aliphatic carbocycles. The summed E-state index contributed by atoms with van der Waals surface area (Å²) in [4.78, 5) is 36.4. The second-order valence-corrected chi connectivity index (χ2v) is 5.74. The highest BCUT2D eigenvalue weighted by Crippen LogP contribution is 2.69. The maximum atomic E-state index is 12.2. The Morgan fingerprint density at radius 2 is 1.76 bits per heavy atom. The quantitative estimate of drug-likeness (QED) is 0.415. The summed E-state index contributed by atoms with van der Waals surface area (Å²) in [5.41, 5.74) is -2.61. The fourth-order valence-electron chi connectivity index (χ4n) is 3.48. The van der Waals surface area contributed by atoms with Crippen LogP contribution in [0.1, 0.15) is 40.5 Å². The molecule has 0 aliphatic heterocycles. The molecule has 17 heavy (non-hydrogen) atoms. The average Bonchev–Trinajstić information content (AvgIpc) is 2.52. The Morgan fingerprint density at radius 3 is 2.18 bits per heavy atom. The Bertz CT molecular complexity index is 423. The van der Waals surface area contributed by atoms with Crippen LogP contribution in [-0.4, -0.2) is 24.1 Å². The van der Waals surface area contributed by atoms with Gasteiger partial charge in [-0.15, -0.1) is 0 Å². The highest BCUT2D eigenvalue weighted by molar-refractivity contribution is 6.48. The van der Waals surface area contributed by atoms with Crippen molar-refractivity contribution in [1.82, 2.24) is 0 Å². The Kier molecular flexibility index (Phi) is 2.29. The van der Waals surface area contributed by atoms with E-state index in [4.69, 9.17) is 4.74 Å². The van der Waals surface area contributed by atoms with Crippen molar-refractivity contribution in [2.75, 3.05) is 6.61 Å². The van der Waals surface area contributed by atoms with Crippen molar-refractivity contribution in [3.63, 3.8) is 0 Å². The molecule has 2 bridgehead atoms. The lowest BCUT2D eigenvalue weighted by Crippen LogP contribution is -2.45. The van der Waals surface area contributed by atoms with Crippen molar-refractivity contribution in [2.24, 2.45) is 16.2 Å². The number of hydrogen-bond acceptors (Lipinski definition) is 4. The van der Waals surface area contributed by atoms with Gasteiger partial charge in [-0.3, -0.25) is 14.4 Å². The van der Waals surface area contributed by atoms with E-state index in [1.807, 2.05) is 13.8 Å². The van der Waals surface area contributed by atoms with E-state index < -0.39 is 33.8 Å². The van der Waals surface area contributed by atoms with Crippen LogP contribution in [0, 0.1) is 16.2 Å². The van der Waals surface area contributed by atoms with Crippen LogP contribution in [-0.2, 0) is 19.1 Å². The molecule has 0 amide bonds. The molecular formula is C13H18O4. The van der Waals surface area contributed by atoms with Gasteiger partial charge in [-0.2, -0.15) is 0 Å². The lowest BCUT2D eigenvalue weighted by Gasteiger charge is -2.36. The zero-order valence-corrected chi connectivity index (χ0v) is 10.8. The third kappa shape index (κ3) is 1.02. The Hall–Kier alpha value is -1.19. The van der Waals surface area contributed by atoms with Gasteiger partial charge in [0.2, 0.25) is 11.6 Å². The van der Waals surface area contributed by atoms with Gasteiger partial charge in [0.25, 0.3) is 0 Å². The van der Waals surface area contributed by atoms with E-state index in [9.17, 15) is 14.4 Å². The maximum absolute atomic E-state index is 12.2. The minimum atomic E-state index is -1.24. The first-order chi connectivity index (χ1) is 7.75. The van der Waals surface area contributed by atoms with Gasteiger partial charge < -0.3 is 4.74 Å². The SMILES string of the molecule is CCOC(=O)C12CCC(C)(C(=O)C1=O)C2(C)C. The zero-order chi connectivity index (χ0) is 13.1. The van der Waals surface area contributed by atoms with E-state index in [2.05, 4.69) is 0 Å². The van der Waals surface area contributed by atoms with Gasteiger partial charge >= 0.3 is 5.97 Å². The largest absolute Gasteiger partial charge is 0.465 e. The van der Waals surface area contributed by atoms with Crippen LogP contribution in [0.25, 0.3) is 0 Å². The molecule has 2 saturated carbocycles. The Labute approximate surface area is 101 Å². The fourth-order valence-corrected chi connectivity index (χ4v) is 3.48. The van der Waals surface area contributed by atoms with Gasteiger partial charge in [0.05, 0.1) is 6.61 Å². The van der Waals surface area contributed by atoms with Gasteiger partial charge in [0.1, 0.15) is 5.41 Å². The summed E-state index contributed by atoms with van der Waals surface area (Å²) >= 11 is 0. The molecule has 0 aromatic heterocycles. The summed E-state index contributed by atoms with van der Waals surface area (Å²) in [5.74, 6) is -1.47. The third-order valence-corrected chi connectivity index (χ3v) is 5.17. The lowest BCUT2D eigenvalue weighted by atomic mass is 9.65.